The molecule has 1 fully saturated rings. The summed E-state index contributed by atoms with van der Waals surface area (Å²) < 4.78 is 0. The van der Waals surface area contributed by atoms with Crippen molar-refractivity contribution in [1.82, 2.24) is 4.90 Å². The number of aliphatic hydroxyl groups excluding tert-OH is 1. The van der Waals surface area contributed by atoms with Crippen LogP contribution in [0.4, 0.5) is 0 Å². The molecule has 0 radical (unpaired) electrons. The average molecular weight is 219 g/mol. The fraction of sp³-hybridized carbons (Fsp3) is 0.571. The summed E-state index contributed by atoms with van der Waals surface area (Å²) in [5, 5.41) is 17.4. The molecule has 78 valence electrons. The van der Waals surface area contributed by atoms with Gasteiger partial charge in [-0.05, 0) is 0 Å². The van der Waals surface area contributed by atoms with Crippen LogP contribution in [0.25, 0.3) is 0 Å². The molecule has 1 heterocycles. The summed E-state index contributed by atoms with van der Waals surface area (Å²) >= 11 is 1.14. The van der Waals surface area contributed by atoms with Gasteiger partial charge in [-0.2, -0.15) is 0 Å². The van der Waals surface area contributed by atoms with E-state index in [1.165, 1.54) is 0 Å². The molecule has 0 aromatic carbocycles. The van der Waals surface area contributed by atoms with Crippen molar-refractivity contribution in [3.63, 3.8) is 0 Å². The summed E-state index contributed by atoms with van der Waals surface area (Å²) in [6, 6.07) is -1.45. The molecule has 0 spiro atoms. The Kier molecular flexibility index (Phi) is 3.48. The maximum atomic E-state index is 11.2. The number of carbonyl (C=O) groups excluding carboxylic acids is 2. The van der Waals surface area contributed by atoms with Crippen molar-refractivity contribution >= 4 is 29.5 Å². The van der Waals surface area contributed by atoms with E-state index in [0.29, 0.717) is 4.90 Å². The summed E-state index contributed by atoms with van der Waals surface area (Å²) in [5.74, 6) is -2.34. The Morgan fingerprint density at radius 1 is 1.43 bits per heavy atom. The lowest BCUT2D eigenvalue weighted by Crippen LogP contribution is -2.53. The van der Waals surface area contributed by atoms with Gasteiger partial charge in [0.25, 0.3) is 0 Å². The van der Waals surface area contributed by atoms with Crippen molar-refractivity contribution in [2.45, 2.75) is 6.04 Å². The van der Waals surface area contributed by atoms with Crippen LogP contribution in [0.2, 0.25) is 0 Å². The van der Waals surface area contributed by atoms with Gasteiger partial charge in [-0.3, -0.25) is 14.5 Å². The van der Waals surface area contributed by atoms with Gasteiger partial charge in [0.15, 0.2) is 6.04 Å². The predicted octanol–water partition coefficient (Wildman–Crippen LogP) is -1.47. The number of imide groups is 1. The highest BCUT2D eigenvalue weighted by Crippen LogP contribution is 2.15. The Labute approximate surface area is 83.9 Å². The zero-order valence-corrected chi connectivity index (χ0v) is 7.99. The Morgan fingerprint density at radius 2 is 1.93 bits per heavy atom. The first-order chi connectivity index (χ1) is 6.57. The van der Waals surface area contributed by atoms with Crippen LogP contribution in [0.3, 0.4) is 0 Å². The van der Waals surface area contributed by atoms with E-state index in [1.54, 1.807) is 0 Å². The smallest absolute Gasteiger partial charge is 0.329 e. The molecule has 6 nitrogen and oxygen atoms in total. The van der Waals surface area contributed by atoms with Crippen molar-refractivity contribution in [3.05, 3.63) is 0 Å². The average Bonchev–Trinajstić information content (AvgIpc) is 2.10. The first kappa shape index (κ1) is 11.0. The molecule has 1 aliphatic rings. The number of aliphatic hydroxyl groups is 1. The molecule has 1 atom stereocenters. The molecule has 0 bridgehead atoms. The molecule has 0 saturated carbocycles. The second-order valence-electron chi connectivity index (χ2n) is 2.69. The largest absolute Gasteiger partial charge is 0.480 e. The lowest BCUT2D eigenvalue weighted by atomic mass is 10.2. The number of hydrogen-bond donors (Lipinski definition) is 2. The minimum Gasteiger partial charge on any atom is -0.480 e. The summed E-state index contributed by atoms with van der Waals surface area (Å²) in [4.78, 5) is 33.7. The summed E-state index contributed by atoms with van der Waals surface area (Å²) in [6.45, 7) is -0.752. The monoisotopic (exact) mass is 219 g/mol. The summed E-state index contributed by atoms with van der Waals surface area (Å²) in [7, 11) is 0. The fourth-order valence-electron chi connectivity index (χ4n) is 1.12. The van der Waals surface area contributed by atoms with Gasteiger partial charge in [-0.25, -0.2) is 4.79 Å². The minimum absolute atomic E-state index is 0.0789. The predicted molar refractivity (Wildman–Crippen MR) is 47.7 cm³/mol. The molecule has 14 heavy (non-hydrogen) atoms. The summed E-state index contributed by atoms with van der Waals surface area (Å²) in [5.41, 5.74) is 0. The first-order valence-electron chi connectivity index (χ1n) is 3.84. The Hall–Kier alpha value is -1.08. The molecule has 1 unspecified atom stereocenters. The number of hydrogen-bond acceptors (Lipinski definition) is 5. The molecular weight excluding hydrogens is 210 g/mol. The van der Waals surface area contributed by atoms with Crippen LogP contribution in [-0.2, 0) is 14.4 Å². The minimum atomic E-state index is -1.45. The van der Waals surface area contributed by atoms with Crippen molar-refractivity contribution in [2.24, 2.45) is 0 Å². The number of nitrogens with zero attached hydrogens (tertiary/aromatic N) is 1. The van der Waals surface area contributed by atoms with Gasteiger partial charge in [0.2, 0.25) is 11.8 Å². The number of amides is 2. The highest BCUT2D eigenvalue weighted by molar-refractivity contribution is 8.00. The van der Waals surface area contributed by atoms with Crippen LogP contribution in [0.15, 0.2) is 0 Å². The van der Waals surface area contributed by atoms with Crippen LogP contribution in [0.1, 0.15) is 0 Å². The van der Waals surface area contributed by atoms with E-state index in [4.69, 9.17) is 10.2 Å². The molecule has 2 amide bonds. The molecule has 1 rings (SSSR count). The molecular formula is C7H9NO5S. The van der Waals surface area contributed by atoms with E-state index in [1.807, 2.05) is 0 Å². The van der Waals surface area contributed by atoms with E-state index in [0.717, 1.165) is 11.8 Å². The van der Waals surface area contributed by atoms with E-state index < -0.39 is 30.4 Å². The third-order valence-corrected chi connectivity index (χ3v) is 2.66. The zero-order valence-electron chi connectivity index (χ0n) is 7.17. The number of carboxylic acid groups (broad SMARTS) is 1. The van der Waals surface area contributed by atoms with Gasteiger partial charge in [0.05, 0.1) is 18.1 Å². The van der Waals surface area contributed by atoms with Crippen molar-refractivity contribution < 1.29 is 24.6 Å². The Morgan fingerprint density at radius 3 is 2.29 bits per heavy atom. The molecule has 2 N–H and O–H groups in total. The number of carboxylic acids is 1. The maximum Gasteiger partial charge on any atom is 0.329 e. The van der Waals surface area contributed by atoms with Gasteiger partial charge >= 0.3 is 5.97 Å². The Balaban J connectivity index is 2.85. The number of thioether (sulfide) groups is 1. The van der Waals surface area contributed by atoms with Crippen molar-refractivity contribution in [1.29, 1.82) is 0 Å². The van der Waals surface area contributed by atoms with Gasteiger partial charge in [0.1, 0.15) is 0 Å². The fourth-order valence-corrected chi connectivity index (χ4v) is 1.85. The van der Waals surface area contributed by atoms with Crippen LogP contribution in [0, 0.1) is 0 Å². The van der Waals surface area contributed by atoms with Crippen molar-refractivity contribution in [2.75, 3.05) is 18.1 Å². The maximum absolute atomic E-state index is 11.2. The lowest BCUT2D eigenvalue weighted by Gasteiger charge is -2.28. The van der Waals surface area contributed by atoms with Crippen LogP contribution in [0.5, 0.6) is 0 Å². The SMILES string of the molecule is O=C(O)C(CO)N1C(=O)CSCC1=O. The molecule has 1 saturated heterocycles. The number of aliphatic carboxylic acids is 1. The standard InChI is InChI=1S/C7H9NO5S/c9-1-4(7(12)13)8-5(10)2-14-3-6(8)11/h4,9H,1-3H2,(H,12,13). The van der Waals surface area contributed by atoms with E-state index >= 15 is 0 Å². The van der Waals surface area contributed by atoms with Gasteiger partial charge < -0.3 is 10.2 Å². The molecule has 1 aliphatic heterocycles. The van der Waals surface area contributed by atoms with Crippen LogP contribution >= 0.6 is 11.8 Å². The molecule has 7 heteroatoms. The third kappa shape index (κ3) is 2.05. The first-order valence-corrected chi connectivity index (χ1v) is 4.99. The number of rotatable bonds is 3. The highest BCUT2D eigenvalue weighted by Gasteiger charge is 2.36. The molecule has 0 aliphatic carbocycles. The van der Waals surface area contributed by atoms with E-state index in [-0.39, 0.29) is 11.5 Å². The normalized spacial score (nSPS) is 19.6. The lowest BCUT2D eigenvalue weighted by molar-refractivity contribution is -0.158. The second-order valence-corrected chi connectivity index (χ2v) is 3.67. The third-order valence-electron chi connectivity index (χ3n) is 1.76. The topological polar surface area (TPSA) is 94.9 Å². The zero-order chi connectivity index (χ0) is 10.7. The quantitative estimate of drug-likeness (QED) is 0.563. The second kappa shape index (κ2) is 4.43. The van der Waals surface area contributed by atoms with Gasteiger partial charge in [0, 0.05) is 0 Å². The van der Waals surface area contributed by atoms with Crippen LogP contribution in [-0.4, -0.2) is 57.1 Å². The highest BCUT2D eigenvalue weighted by atomic mass is 32.2. The van der Waals surface area contributed by atoms with E-state index in [2.05, 4.69) is 0 Å². The van der Waals surface area contributed by atoms with E-state index in [9.17, 15) is 14.4 Å². The van der Waals surface area contributed by atoms with Gasteiger partial charge in [-0.1, -0.05) is 0 Å². The van der Waals surface area contributed by atoms with Crippen molar-refractivity contribution in [3.8, 4) is 0 Å². The van der Waals surface area contributed by atoms with Gasteiger partial charge in [-0.15, -0.1) is 11.8 Å². The van der Waals surface area contributed by atoms with Crippen LogP contribution < -0.4 is 0 Å². The molecule has 0 aromatic rings. The number of carbonyl (C=O) groups is 3. The summed E-state index contributed by atoms with van der Waals surface area (Å²) in [6.07, 6.45) is 0. The Bertz CT molecular complexity index is 263. The molecule has 0 aromatic heterocycles.